The van der Waals surface area contributed by atoms with Crippen molar-refractivity contribution in [1.29, 1.82) is 0 Å². The van der Waals surface area contributed by atoms with Crippen LogP contribution in [-0.2, 0) is 0 Å². The minimum absolute atomic E-state index is 0. The van der Waals surface area contributed by atoms with Gasteiger partial charge in [0.25, 0.3) is 0 Å². The van der Waals surface area contributed by atoms with E-state index in [-0.39, 0.29) is 15.3 Å². The van der Waals surface area contributed by atoms with Crippen LogP contribution < -0.4 is 21.1 Å². The minimum Gasteiger partial charge on any atom is -0.496 e. The van der Waals surface area contributed by atoms with Crippen LogP contribution in [0.1, 0.15) is 77.2 Å². The van der Waals surface area contributed by atoms with Crippen LogP contribution in [0.4, 0.5) is 17.1 Å². The summed E-state index contributed by atoms with van der Waals surface area (Å²) in [6, 6.07) is 108. The van der Waals surface area contributed by atoms with Crippen LogP contribution in [0.3, 0.4) is 0 Å². The summed E-state index contributed by atoms with van der Waals surface area (Å²) in [5, 5.41) is 5.28. The number of aryl methyl sites for hydroxylation is 1. The number of hydrogen-bond donors (Lipinski definition) is 2. The summed E-state index contributed by atoms with van der Waals surface area (Å²) in [5.74, 6) is 1.02. The van der Waals surface area contributed by atoms with Gasteiger partial charge in [-0.05, 0) is 193 Å². The largest absolute Gasteiger partial charge is 0.496 e. The highest BCUT2D eigenvalue weighted by molar-refractivity contribution is 14.1. The molecule has 0 aliphatic heterocycles. The summed E-state index contributed by atoms with van der Waals surface area (Å²) in [6.45, 7) is 2.23. The lowest BCUT2D eigenvalue weighted by Crippen LogP contribution is -2.27. The van der Waals surface area contributed by atoms with Gasteiger partial charge in [0, 0.05) is 37.3 Å². The molecule has 14 rings (SSSR count). The molecule has 92 heavy (non-hydrogen) atoms. The maximum atomic E-state index is 6.10. The van der Waals surface area contributed by atoms with Gasteiger partial charge in [-0.15, -0.1) is 0 Å². The highest BCUT2D eigenvalue weighted by Crippen LogP contribution is 2.57. The molecule has 0 atom stereocenters. The monoisotopic (exact) mass is 1330 g/mol. The molecule has 12 aromatic rings. The zero-order chi connectivity index (χ0) is 62.4. The van der Waals surface area contributed by atoms with Crippen molar-refractivity contribution < 1.29 is 4.74 Å². The Morgan fingerprint density at radius 1 is 0.370 bits per heavy atom. The third kappa shape index (κ3) is 17.6. The topological polar surface area (TPSA) is 47.3 Å². The Morgan fingerprint density at radius 3 is 1.23 bits per heavy atom. The highest BCUT2D eigenvalue weighted by atomic mass is 127. The second-order valence-corrected chi connectivity index (χ2v) is 27.6. The number of nitrogens with two attached hydrogens (primary N) is 1. The summed E-state index contributed by atoms with van der Waals surface area (Å²) in [7, 11) is 1.69. The number of anilines is 3. The Labute approximate surface area is 563 Å². The fourth-order valence-corrected chi connectivity index (χ4v) is 17.1. The van der Waals surface area contributed by atoms with Crippen molar-refractivity contribution in [1.82, 2.24) is 0 Å². The van der Waals surface area contributed by atoms with Crippen LogP contribution in [0.5, 0.6) is 5.75 Å². The maximum absolute atomic E-state index is 6.10. The van der Waals surface area contributed by atoms with Crippen molar-refractivity contribution in [3.8, 4) is 83.6 Å². The van der Waals surface area contributed by atoms with Crippen LogP contribution in [0.25, 0.3) is 77.9 Å². The quantitative estimate of drug-likeness (QED) is 0.0687. The van der Waals surface area contributed by atoms with E-state index in [1.54, 1.807) is 5.30 Å². The van der Waals surface area contributed by atoms with E-state index in [0.717, 1.165) is 45.3 Å². The molecule has 2 aliphatic carbocycles. The SMILES string of the molecule is C.COc1cccc(C)c1-c1ccccc1P(C1CCCCC1)C1CCCCC1.Ic1ccc(-c2ccccc2)cc1.Nc1ccc(-c2ccccc2)cc1-c1ccccc1.c1ccc(-c2ccc(Nc3ccc(-c4ccccc4)cc3-c3ccccc3)cc2)cc1. The zero-order valence-corrected chi connectivity index (χ0v) is 55.5. The van der Waals surface area contributed by atoms with E-state index in [1.807, 2.05) is 61.7 Å². The third-order valence-electron chi connectivity index (χ3n) is 17.5. The maximum Gasteiger partial charge on any atom is 0.126 e. The highest BCUT2D eigenvalue weighted by Gasteiger charge is 2.34. The first kappa shape index (κ1) is 66.1. The Kier molecular flexibility index (Phi) is 24.5. The van der Waals surface area contributed by atoms with Crippen LogP contribution in [0.15, 0.2) is 309 Å². The molecule has 3 nitrogen and oxygen atoms in total. The summed E-state index contributed by atoms with van der Waals surface area (Å²) in [5.41, 5.74) is 29.5. The molecule has 0 heterocycles. The summed E-state index contributed by atoms with van der Waals surface area (Å²) in [6.07, 6.45) is 14.4. The number of rotatable bonds is 13. The molecule has 0 saturated heterocycles. The molecule has 462 valence electrons. The number of hydrogen-bond acceptors (Lipinski definition) is 3. The molecule has 2 saturated carbocycles. The Balaban J connectivity index is 0.000000140. The first-order valence-electron chi connectivity index (χ1n) is 32.4. The summed E-state index contributed by atoms with van der Waals surface area (Å²) >= 11 is 2.32. The van der Waals surface area contributed by atoms with E-state index in [2.05, 4.69) is 290 Å². The molecule has 0 radical (unpaired) electrons. The average molecular weight is 1330 g/mol. The average Bonchev–Trinajstić information content (AvgIpc) is 0.838. The lowest BCUT2D eigenvalue weighted by atomic mass is 9.97. The lowest BCUT2D eigenvalue weighted by molar-refractivity contribution is 0.416. The van der Waals surface area contributed by atoms with E-state index in [0.29, 0.717) is 0 Å². The standard InChI is InChI=1S/C30H23N.C26H35OP.C18H15N.C12H9I.CH4/c1-4-10-23(11-5-1)25-16-19-28(20-17-25)31-30-21-18-27(24-12-6-2-7-13-24)22-29(30)26-14-8-3-9-15-26;1-20-12-11-18-24(27-2)26(20)23-17-9-10-19-25(23)28(21-13-5-3-6-14-21)22-15-7-4-8-16-22;19-18-12-11-16(14-7-3-1-4-8-14)13-17(18)15-9-5-2-6-10-15;13-12-8-6-11(7-9-12)10-4-2-1-3-5-10;/h1-22,31H;9-12,17-19,21-22H,3-8,13-16H2,1-2H3;1-13H,19H2;1-9H;1H4. The van der Waals surface area contributed by atoms with Crippen LogP contribution in [-0.4, -0.2) is 18.4 Å². The van der Waals surface area contributed by atoms with Crippen molar-refractivity contribution >= 4 is 52.9 Å². The van der Waals surface area contributed by atoms with Gasteiger partial charge in [-0.1, -0.05) is 309 Å². The predicted molar refractivity (Wildman–Crippen MR) is 409 cm³/mol. The Morgan fingerprint density at radius 2 is 0.750 bits per heavy atom. The van der Waals surface area contributed by atoms with Gasteiger partial charge >= 0.3 is 0 Å². The van der Waals surface area contributed by atoms with Gasteiger partial charge in [0.05, 0.1) is 7.11 Å². The van der Waals surface area contributed by atoms with E-state index >= 15 is 0 Å². The predicted octanol–water partition coefficient (Wildman–Crippen LogP) is 25.1. The molecule has 0 amide bonds. The van der Waals surface area contributed by atoms with Gasteiger partial charge in [-0.2, -0.15) is 0 Å². The van der Waals surface area contributed by atoms with Gasteiger partial charge in [-0.25, -0.2) is 0 Å². The fourth-order valence-electron chi connectivity index (χ4n) is 12.8. The van der Waals surface area contributed by atoms with Gasteiger partial charge in [0.1, 0.15) is 5.75 Å². The van der Waals surface area contributed by atoms with Crippen LogP contribution in [0, 0.1) is 10.5 Å². The van der Waals surface area contributed by atoms with Gasteiger partial charge in [-0.3, -0.25) is 0 Å². The second-order valence-electron chi connectivity index (χ2n) is 23.6. The smallest absolute Gasteiger partial charge is 0.126 e. The minimum atomic E-state index is -0.122. The van der Waals surface area contributed by atoms with Crippen molar-refractivity contribution in [2.45, 2.75) is 89.9 Å². The molecule has 0 unspecified atom stereocenters. The molecule has 3 N–H and O–H groups in total. The molecule has 0 spiro atoms. The molecule has 5 heteroatoms. The molecule has 2 aliphatic rings. The molecule has 12 aromatic carbocycles. The summed E-state index contributed by atoms with van der Waals surface area (Å²) in [4.78, 5) is 0. The van der Waals surface area contributed by atoms with E-state index in [1.165, 1.54) is 140 Å². The fraction of sp³-hybridized carbons (Fsp3) is 0.172. The molecule has 2 fully saturated rings. The Bertz CT molecular complexity index is 4120. The number of halogens is 1. The number of nitrogens with one attached hydrogen (secondary N) is 1. The third-order valence-corrected chi connectivity index (χ3v) is 21.8. The molecule has 0 aromatic heterocycles. The van der Waals surface area contributed by atoms with Crippen molar-refractivity contribution in [3.63, 3.8) is 0 Å². The van der Waals surface area contributed by atoms with Gasteiger partial charge < -0.3 is 15.8 Å². The number of benzene rings is 12. The van der Waals surface area contributed by atoms with Crippen molar-refractivity contribution in [2.24, 2.45) is 0 Å². The molecular formula is C87H86IN2OP. The van der Waals surface area contributed by atoms with Crippen molar-refractivity contribution in [3.05, 3.63) is 319 Å². The number of methoxy groups -OCH3 is 1. The molecular weight excluding hydrogens is 1250 g/mol. The van der Waals surface area contributed by atoms with E-state index in [4.69, 9.17) is 10.5 Å². The second kappa shape index (κ2) is 34.0. The van der Waals surface area contributed by atoms with Crippen molar-refractivity contribution in [2.75, 3.05) is 18.2 Å². The van der Waals surface area contributed by atoms with Gasteiger partial charge in [0.15, 0.2) is 0 Å². The van der Waals surface area contributed by atoms with Gasteiger partial charge in [0.2, 0.25) is 0 Å². The first-order chi connectivity index (χ1) is 44.9. The van der Waals surface area contributed by atoms with Crippen LogP contribution in [0.2, 0.25) is 0 Å². The van der Waals surface area contributed by atoms with Crippen LogP contribution >= 0.6 is 30.5 Å². The lowest BCUT2D eigenvalue weighted by Gasteiger charge is -2.39. The normalized spacial score (nSPS) is 12.9. The zero-order valence-electron chi connectivity index (χ0n) is 52.5. The van der Waals surface area contributed by atoms with E-state index < -0.39 is 0 Å². The number of ether oxygens (including phenoxy) is 1. The van der Waals surface area contributed by atoms with E-state index in [9.17, 15) is 0 Å². The molecule has 0 bridgehead atoms. The first-order valence-corrected chi connectivity index (χ1v) is 34.9. The number of nitrogen functional groups attached to an aromatic ring is 1. The Hall–Kier alpha value is -8.80. The summed E-state index contributed by atoms with van der Waals surface area (Å²) < 4.78 is 7.09.